The van der Waals surface area contributed by atoms with Crippen molar-refractivity contribution in [3.05, 3.63) is 59.5 Å². The van der Waals surface area contributed by atoms with E-state index in [0.717, 1.165) is 17.5 Å². The molecular weight excluding hydrogens is 295 g/mol. The predicted molar refractivity (Wildman–Crippen MR) is 84.5 cm³/mol. The number of ether oxygens (including phenoxy) is 1. The molecule has 23 heavy (non-hydrogen) atoms. The fourth-order valence-electron chi connectivity index (χ4n) is 2.70. The van der Waals surface area contributed by atoms with Crippen LogP contribution in [0.25, 0.3) is 0 Å². The van der Waals surface area contributed by atoms with Crippen LogP contribution in [-0.4, -0.2) is 17.5 Å². The smallest absolute Gasteiger partial charge is 0.224 e. The van der Waals surface area contributed by atoms with E-state index in [9.17, 15) is 9.18 Å². The minimum atomic E-state index is -0.254. The minimum Gasteiger partial charge on any atom is -0.478 e. The van der Waals surface area contributed by atoms with Crippen LogP contribution in [0.2, 0.25) is 0 Å². The molecule has 1 amide bonds. The molecule has 2 unspecified atom stereocenters. The molecule has 3 rings (SSSR count). The molecule has 120 valence electrons. The third-order valence-electron chi connectivity index (χ3n) is 4.01. The number of benzene rings is 1. The number of rotatable bonds is 6. The monoisotopic (exact) mass is 314 g/mol. The summed E-state index contributed by atoms with van der Waals surface area (Å²) in [6.45, 7) is 2.83. The molecule has 0 radical (unpaired) electrons. The molecule has 4 nitrogen and oxygen atoms in total. The third-order valence-corrected chi connectivity index (χ3v) is 4.01. The lowest BCUT2D eigenvalue weighted by molar-refractivity contribution is -0.122. The quantitative estimate of drug-likeness (QED) is 0.891. The van der Waals surface area contributed by atoms with Crippen molar-refractivity contribution >= 4 is 5.91 Å². The zero-order valence-electron chi connectivity index (χ0n) is 13.0. The summed E-state index contributed by atoms with van der Waals surface area (Å²) in [5.74, 6) is 0.478. The second kappa shape index (κ2) is 6.77. The Hall–Kier alpha value is -2.43. The highest BCUT2D eigenvalue weighted by atomic mass is 19.1. The number of nitrogens with zero attached hydrogens (tertiary/aromatic N) is 1. The number of hydrogen-bond acceptors (Lipinski definition) is 3. The number of amides is 1. The average Bonchev–Trinajstić information content (AvgIpc) is 3.35. The highest BCUT2D eigenvalue weighted by molar-refractivity contribution is 5.82. The van der Waals surface area contributed by atoms with E-state index in [4.69, 9.17) is 4.74 Å². The highest BCUT2D eigenvalue weighted by Gasteiger charge is 2.43. The molecule has 0 saturated heterocycles. The Kier molecular flexibility index (Phi) is 4.55. The van der Waals surface area contributed by atoms with Gasteiger partial charge in [-0.15, -0.1) is 0 Å². The number of nitrogens with one attached hydrogen (secondary N) is 1. The summed E-state index contributed by atoms with van der Waals surface area (Å²) in [6.07, 6.45) is 2.48. The van der Waals surface area contributed by atoms with E-state index in [1.165, 1.54) is 12.1 Å². The normalized spacial score (nSPS) is 19.2. The summed E-state index contributed by atoms with van der Waals surface area (Å²) in [7, 11) is 0. The molecule has 0 aliphatic heterocycles. The first-order valence-electron chi connectivity index (χ1n) is 7.79. The van der Waals surface area contributed by atoms with E-state index < -0.39 is 0 Å². The Balaban J connectivity index is 1.56. The van der Waals surface area contributed by atoms with Gasteiger partial charge in [0.2, 0.25) is 11.8 Å². The number of carbonyl (C=O) groups excluding carboxylic acids is 1. The van der Waals surface area contributed by atoms with Crippen molar-refractivity contribution < 1.29 is 13.9 Å². The van der Waals surface area contributed by atoms with Gasteiger partial charge in [0.15, 0.2) is 0 Å². The van der Waals surface area contributed by atoms with Gasteiger partial charge in [0.1, 0.15) is 5.82 Å². The van der Waals surface area contributed by atoms with Gasteiger partial charge in [-0.3, -0.25) is 4.79 Å². The van der Waals surface area contributed by atoms with Crippen LogP contribution in [0, 0.1) is 11.7 Å². The molecule has 1 aliphatic rings. The summed E-state index contributed by atoms with van der Waals surface area (Å²) in [5.41, 5.74) is 1.88. The molecule has 5 heteroatoms. The fourth-order valence-corrected chi connectivity index (χ4v) is 2.70. The Morgan fingerprint density at radius 3 is 2.87 bits per heavy atom. The molecule has 0 bridgehead atoms. The third kappa shape index (κ3) is 3.67. The van der Waals surface area contributed by atoms with Crippen LogP contribution in [0.3, 0.4) is 0 Å². The second-order valence-corrected chi connectivity index (χ2v) is 5.62. The van der Waals surface area contributed by atoms with Gasteiger partial charge in [-0.05, 0) is 43.0 Å². The lowest BCUT2D eigenvalue weighted by Crippen LogP contribution is -2.25. The van der Waals surface area contributed by atoms with Gasteiger partial charge in [-0.2, -0.15) is 0 Å². The van der Waals surface area contributed by atoms with Crippen LogP contribution in [-0.2, 0) is 11.3 Å². The van der Waals surface area contributed by atoms with Crippen molar-refractivity contribution in [2.75, 3.05) is 6.61 Å². The maximum atomic E-state index is 12.9. The van der Waals surface area contributed by atoms with Crippen LogP contribution < -0.4 is 10.1 Å². The van der Waals surface area contributed by atoms with E-state index in [2.05, 4.69) is 10.3 Å². The van der Waals surface area contributed by atoms with E-state index in [0.29, 0.717) is 19.0 Å². The van der Waals surface area contributed by atoms with E-state index in [-0.39, 0.29) is 23.6 Å². The van der Waals surface area contributed by atoms with Crippen LogP contribution in [0.15, 0.2) is 42.6 Å². The molecule has 2 aromatic rings. The SMILES string of the molecule is CCOc1ncccc1CNC(=O)C1CC1c1ccc(F)cc1. The Bertz CT molecular complexity index is 688. The van der Waals surface area contributed by atoms with Gasteiger partial charge in [-0.25, -0.2) is 9.37 Å². The van der Waals surface area contributed by atoms with Gasteiger partial charge in [-0.1, -0.05) is 18.2 Å². The fraction of sp³-hybridized carbons (Fsp3) is 0.333. The van der Waals surface area contributed by atoms with Crippen LogP contribution in [0.4, 0.5) is 4.39 Å². The molecule has 1 aliphatic carbocycles. The zero-order valence-corrected chi connectivity index (χ0v) is 13.0. The molecule has 1 heterocycles. The molecule has 1 aromatic carbocycles. The molecular formula is C18H19FN2O2. The van der Waals surface area contributed by atoms with Crippen molar-refractivity contribution in [2.45, 2.75) is 25.8 Å². The first-order valence-corrected chi connectivity index (χ1v) is 7.79. The summed E-state index contributed by atoms with van der Waals surface area (Å²) >= 11 is 0. The number of aromatic nitrogens is 1. The van der Waals surface area contributed by atoms with Crippen molar-refractivity contribution in [3.8, 4) is 5.88 Å². The molecule has 2 atom stereocenters. The number of carbonyl (C=O) groups is 1. The lowest BCUT2D eigenvalue weighted by atomic mass is 10.1. The van der Waals surface area contributed by atoms with Crippen molar-refractivity contribution in [1.29, 1.82) is 0 Å². The largest absolute Gasteiger partial charge is 0.478 e. The van der Waals surface area contributed by atoms with E-state index in [1.54, 1.807) is 18.3 Å². The molecule has 1 saturated carbocycles. The Morgan fingerprint density at radius 1 is 1.35 bits per heavy atom. The summed E-state index contributed by atoms with van der Waals surface area (Å²) < 4.78 is 18.4. The number of hydrogen-bond donors (Lipinski definition) is 1. The number of halogens is 1. The molecule has 0 spiro atoms. The number of pyridine rings is 1. The zero-order chi connectivity index (χ0) is 16.2. The topological polar surface area (TPSA) is 51.2 Å². The predicted octanol–water partition coefficient (Wildman–Crippen LogP) is 3.04. The maximum absolute atomic E-state index is 12.9. The Labute approximate surface area is 134 Å². The molecule has 1 N–H and O–H groups in total. The highest BCUT2D eigenvalue weighted by Crippen LogP contribution is 2.47. The average molecular weight is 314 g/mol. The second-order valence-electron chi connectivity index (χ2n) is 5.62. The van der Waals surface area contributed by atoms with Gasteiger partial charge in [0, 0.05) is 24.2 Å². The first kappa shape index (κ1) is 15.5. The lowest BCUT2D eigenvalue weighted by Gasteiger charge is -2.09. The Morgan fingerprint density at radius 2 is 2.13 bits per heavy atom. The van der Waals surface area contributed by atoms with Crippen LogP contribution in [0.1, 0.15) is 30.4 Å². The van der Waals surface area contributed by atoms with Crippen LogP contribution in [0.5, 0.6) is 5.88 Å². The van der Waals surface area contributed by atoms with Crippen LogP contribution >= 0.6 is 0 Å². The van der Waals surface area contributed by atoms with Gasteiger partial charge in [0.05, 0.1) is 6.61 Å². The summed E-state index contributed by atoms with van der Waals surface area (Å²) in [6, 6.07) is 10.1. The minimum absolute atomic E-state index is 0.0191. The van der Waals surface area contributed by atoms with Gasteiger partial charge in [0.25, 0.3) is 0 Å². The standard InChI is InChI=1S/C18H19FN2O2/c1-2-23-18-13(4-3-9-20-18)11-21-17(22)16-10-15(16)12-5-7-14(19)8-6-12/h3-9,15-16H,2,10-11H2,1H3,(H,21,22). The van der Waals surface area contributed by atoms with E-state index >= 15 is 0 Å². The molecule has 1 aromatic heterocycles. The molecule has 1 fully saturated rings. The van der Waals surface area contributed by atoms with Gasteiger partial charge < -0.3 is 10.1 Å². The van der Waals surface area contributed by atoms with E-state index in [1.807, 2.05) is 19.1 Å². The van der Waals surface area contributed by atoms with Crippen molar-refractivity contribution in [1.82, 2.24) is 10.3 Å². The summed E-state index contributed by atoms with van der Waals surface area (Å²) in [5, 5.41) is 2.94. The van der Waals surface area contributed by atoms with Crippen molar-refractivity contribution in [2.24, 2.45) is 5.92 Å². The first-order chi connectivity index (χ1) is 11.2. The summed E-state index contributed by atoms with van der Waals surface area (Å²) in [4.78, 5) is 16.4. The maximum Gasteiger partial charge on any atom is 0.224 e. The van der Waals surface area contributed by atoms with Gasteiger partial charge >= 0.3 is 0 Å². The van der Waals surface area contributed by atoms with Crippen molar-refractivity contribution in [3.63, 3.8) is 0 Å².